The second-order valence-electron chi connectivity index (χ2n) is 5.30. The lowest BCUT2D eigenvalue weighted by molar-refractivity contribution is 0.724. The number of nitrogens with one attached hydrogen (secondary N) is 1. The Bertz CT molecular complexity index is 360. The molecule has 0 unspecified atom stereocenters. The number of rotatable bonds is 2. The summed E-state index contributed by atoms with van der Waals surface area (Å²) < 4.78 is 0. The Morgan fingerprint density at radius 1 is 0.667 bits per heavy atom. The zero-order valence-corrected chi connectivity index (χ0v) is 11.1. The Hall–Kier alpha value is -1.22. The molecule has 0 aromatic heterocycles. The van der Waals surface area contributed by atoms with Gasteiger partial charge >= 0.3 is 0 Å². The maximum absolute atomic E-state index is 3.45. The highest BCUT2D eigenvalue weighted by Gasteiger charge is 2.13. The molecule has 2 saturated heterocycles. The molecule has 0 bridgehead atoms. The van der Waals surface area contributed by atoms with Crippen molar-refractivity contribution in [2.75, 3.05) is 49.1 Å². The van der Waals surface area contributed by atoms with Crippen LogP contribution in [0.25, 0.3) is 0 Å². The van der Waals surface area contributed by atoms with Crippen molar-refractivity contribution in [3.63, 3.8) is 0 Å². The Morgan fingerprint density at radius 2 is 1.22 bits per heavy atom. The predicted molar refractivity (Wildman–Crippen MR) is 77.6 cm³/mol. The van der Waals surface area contributed by atoms with Crippen LogP contribution in [0.1, 0.15) is 19.3 Å². The molecule has 2 heterocycles. The number of hydrogen-bond acceptors (Lipinski definition) is 3. The molecule has 1 N–H and O–H groups in total. The average molecular weight is 245 g/mol. The van der Waals surface area contributed by atoms with Crippen molar-refractivity contribution in [3.05, 3.63) is 24.3 Å². The average Bonchev–Trinajstić information content (AvgIpc) is 2.82. The molecule has 2 aliphatic rings. The van der Waals surface area contributed by atoms with E-state index in [9.17, 15) is 0 Å². The summed E-state index contributed by atoms with van der Waals surface area (Å²) in [5.74, 6) is 0. The Kier molecular flexibility index (Phi) is 3.69. The van der Waals surface area contributed by atoms with Gasteiger partial charge in [0.2, 0.25) is 0 Å². The van der Waals surface area contributed by atoms with Crippen LogP contribution in [0.2, 0.25) is 0 Å². The molecule has 1 aromatic rings. The van der Waals surface area contributed by atoms with Crippen LogP contribution < -0.4 is 15.1 Å². The van der Waals surface area contributed by atoms with E-state index in [4.69, 9.17) is 0 Å². The van der Waals surface area contributed by atoms with Gasteiger partial charge in [-0.05, 0) is 50.1 Å². The fourth-order valence-corrected chi connectivity index (χ4v) is 2.95. The van der Waals surface area contributed by atoms with E-state index in [0.717, 1.165) is 19.6 Å². The molecule has 1 aromatic carbocycles. The third-order valence-electron chi connectivity index (χ3n) is 4.03. The first kappa shape index (κ1) is 11.8. The molecular formula is C15H23N3. The van der Waals surface area contributed by atoms with E-state index >= 15 is 0 Å². The van der Waals surface area contributed by atoms with E-state index in [1.807, 2.05) is 0 Å². The summed E-state index contributed by atoms with van der Waals surface area (Å²) in [6.07, 6.45) is 3.94. The highest BCUT2D eigenvalue weighted by molar-refractivity contribution is 5.56. The molecule has 0 saturated carbocycles. The fourth-order valence-electron chi connectivity index (χ4n) is 2.95. The summed E-state index contributed by atoms with van der Waals surface area (Å²) in [5, 5.41) is 3.45. The lowest BCUT2D eigenvalue weighted by Gasteiger charge is -2.24. The van der Waals surface area contributed by atoms with Gasteiger partial charge in [0, 0.05) is 44.1 Å². The van der Waals surface area contributed by atoms with Gasteiger partial charge in [-0.2, -0.15) is 0 Å². The predicted octanol–water partition coefficient (Wildman–Crippen LogP) is 2.09. The number of benzene rings is 1. The van der Waals surface area contributed by atoms with Crippen LogP contribution in [0.3, 0.4) is 0 Å². The lowest BCUT2D eigenvalue weighted by atomic mass is 10.2. The van der Waals surface area contributed by atoms with Crippen molar-refractivity contribution < 1.29 is 0 Å². The van der Waals surface area contributed by atoms with Gasteiger partial charge in [-0.3, -0.25) is 0 Å². The standard InChI is InChI=1S/C15H23N3/c1-2-11-17(10-1)14-4-6-15(7-5-14)18-12-3-8-16-9-13-18/h4-7,16H,1-3,8-13H2. The molecular weight excluding hydrogens is 222 g/mol. The normalized spacial score (nSPS) is 21.1. The summed E-state index contributed by atoms with van der Waals surface area (Å²) >= 11 is 0. The zero-order chi connectivity index (χ0) is 12.2. The van der Waals surface area contributed by atoms with Crippen LogP contribution in [-0.4, -0.2) is 39.3 Å². The first-order chi connectivity index (χ1) is 8.93. The Labute approximate surface area is 110 Å². The molecule has 0 aliphatic carbocycles. The van der Waals surface area contributed by atoms with Gasteiger partial charge < -0.3 is 15.1 Å². The number of anilines is 2. The molecule has 0 amide bonds. The van der Waals surface area contributed by atoms with Crippen LogP contribution in [0.5, 0.6) is 0 Å². The summed E-state index contributed by atoms with van der Waals surface area (Å²) in [7, 11) is 0. The second kappa shape index (κ2) is 5.61. The minimum atomic E-state index is 1.11. The fraction of sp³-hybridized carbons (Fsp3) is 0.600. The van der Waals surface area contributed by atoms with Crippen molar-refractivity contribution in [1.82, 2.24) is 5.32 Å². The topological polar surface area (TPSA) is 18.5 Å². The van der Waals surface area contributed by atoms with E-state index in [2.05, 4.69) is 39.4 Å². The highest BCUT2D eigenvalue weighted by atomic mass is 15.2. The minimum Gasteiger partial charge on any atom is -0.372 e. The van der Waals surface area contributed by atoms with Crippen LogP contribution in [-0.2, 0) is 0 Å². The van der Waals surface area contributed by atoms with Crippen molar-refractivity contribution in [3.8, 4) is 0 Å². The van der Waals surface area contributed by atoms with E-state index in [1.54, 1.807) is 0 Å². The third-order valence-corrected chi connectivity index (χ3v) is 4.03. The largest absolute Gasteiger partial charge is 0.372 e. The smallest absolute Gasteiger partial charge is 0.0368 e. The Morgan fingerprint density at radius 3 is 1.89 bits per heavy atom. The minimum absolute atomic E-state index is 1.11. The summed E-state index contributed by atoms with van der Waals surface area (Å²) in [5.41, 5.74) is 2.77. The molecule has 3 nitrogen and oxygen atoms in total. The van der Waals surface area contributed by atoms with E-state index < -0.39 is 0 Å². The number of nitrogens with zero attached hydrogens (tertiary/aromatic N) is 2. The summed E-state index contributed by atoms with van der Waals surface area (Å²) in [4.78, 5) is 4.99. The maximum atomic E-state index is 3.45. The van der Waals surface area contributed by atoms with E-state index in [0.29, 0.717) is 0 Å². The van der Waals surface area contributed by atoms with Gasteiger partial charge in [-0.1, -0.05) is 0 Å². The maximum Gasteiger partial charge on any atom is 0.0368 e. The molecule has 98 valence electrons. The lowest BCUT2D eigenvalue weighted by Crippen LogP contribution is -2.27. The first-order valence-electron chi connectivity index (χ1n) is 7.24. The monoisotopic (exact) mass is 245 g/mol. The van der Waals surface area contributed by atoms with E-state index in [-0.39, 0.29) is 0 Å². The molecule has 0 atom stereocenters. The van der Waals surface area contributed by atoms with Crippen molar-refractivity contribution >= 4 is 11.4 Å². The van der Waals surface area contributed by atoms with Gasteiger partial charge in [0.1, 0.15) is 0 Å². The first-order valence-corrected chi connectivity index (χ1v) is 7.24. The molecule has 3 heteroatoms. The Balaban J connectivity index is 1.69. The van der Waals surface area contributed by atoms with Gasteiger partial charge in [-0.25, -0.2) is 0 Å². The van der Waals surface area contributed by atoms with Gasteiger partial charge in [0.15, 0.2) is 0 Å². The van der Waals surface area contributed by atoms with Gasteiger partial charge in [-0.15, -0.1) is 0 Å². The van der Waals surface area contributed by atoms with Crippen molar-refractivity contribution in [1.29, 1.82) is 0 Å². The SMILES string of the molecule is c1cc(N2CCCNCC2)ccc1N1CCCC1. The van der Waals surface area contributed by atoms with Crippen LogP contribution in [0, 0.1) is 0 Å². The van der Waals surface area contributed by atoms with Gasteiger partial charge in [0.05, 0.1) is 0 Å². The molecule has 3 rings (SSSR count). The molecule has 0 radical (unpaired) electrons. The summed E-state index contributed by atoms with van der Waals surface area (Å²) in [6, 6.07) is 9.16. The van der Waals surface area contributed by atoms with Crippen molar-refractivity contribution in [2.24, 2.45) is 0 Å². The summed E-state index contributed by atoms with van der Waals surface area (Å²) in [6.45, 7) is 7.02. The highest BCUT2D eigenvalue weighted by Crippen LogP contribution is 2.24. The van der Waals surface area contributed by atoms with Crippen LogP contribution >= 0.6 is 0 Å². The molecule has 2 aliphatic heterocycles. The third kappa shape index (κ3) is 2.61. The molecule has 18 heavy (non-hydrogen) atoms. The molecule has 2 fully saturated rings. The van der Waals surface area contributed by atoms with Crippen molar-refractivity contribution in [2.45, 2.75) is 19.3 Å². The second-order valence-corrected chi connectivity index (χ2v) is 5.30. The van der Waals surface area contributed by atoms with Gasteiger partial charge in [0.25, 0.3) is 0 Å². The molecule has 0 spiro atoms. The zero-order valence-electron chi connectivity index (χ0n) is 11.1. The van der Waals surface area contributed by atoms with E-state index in [1.165, 1.54) is 50.3 Å². The van der Waals surface area contributed by atoms with Crippen LogP contribution in [0.15, 0.2) is 24.3 Å². The quantitative estimate of drug-likeness (QED) is 0.860. The number of hydrogen-bond donors (Lipinski definition) is 1. The van der Waals surface area contributed by atoms with Crippen LogP contribution in [0.4, 0.5) is 11.4 Å².